The zero-order valence-electron chi connectivity index (χ0n) is 11.2. The average Bonchev–Trinajstić information content (AvgIpc) is 2.39. The number of rotatable bonds is 5. The molecule has 1 heterocycles. The molecule has 1 saturated heterocycles. The molecule has 17 heavy (non-hydrogen) atoms. The Morgan fingerprint density at radius 2 is 1.76 bits per heavy atom. The van der Waals surface area contributed by atoms with Crippen molar-refractivity contribution in [1.29, 1.82) is 0 Å². The minimum atomic E-state index is -0.195. The summed E-state index contributed by atoms with van der Waals surface area (Å²) >= 11 is 0. The van der Waals surface area contributed by atoms with Gasteiger partial charge < -0.3 is 9.64 Å². The van der Waals surface area contributed by atoms with Crippen molar-refractivity contribution in [2.45, 2.75) is 20.3 Å². The summed E-state index contributed by atoms with van der Waals surface area (Å²) in [5.41, 5.74) is 0.783. The summed E-state index contributed by atoms with van der Waals surface area (Å²) in [6.07, 6.45) is 2.75. The third-order valence-electron chi connectivity index (χ3n) is 3.34. The maximum absolute atomic E-state index is 11.4. The van der Waals surface area contributed by atoms with Crippen LogP contribution in [-0.2, 0) is 9.53 Å². The van der Waals surface area contributed by atoms with Crippen molar-refractivity contribution in [1.82, 2.24) is 9.80 Å². The zero-order chi connectivity index (χ0) is 12.7. The molecular weight excluding hydrogens is 216 g/mol. The van der Waals surface area contributed by atoms with Crippen molar-refractivity contribution >= 4 is 5.97 Å². The molecule has 0 saturated carbocycles. The second-order valence-electron chi connectivity index (χ2n) is 4.31. The molecule has 0 atom stereocenters. The fourth-order valence-corrected chi connectivity index (χ4v) is 2.03. The highest BCUT2D eigenvalue weighted by atomic mass is 16.5. The van der Waals surface area contributed by atoms with Crippen molar-refractivity contribution < 1.29 is 9.53 Å². The summed E-state index contributed by atoms with van der Waals surface area (Å²) in [4.78, 5) is 16.2. The van der Waals surface area contributed by atoms with Crippen LogP contribution in [0.15, 0.2) is 11.6 Å². The molecule has 0 N–H and O–H groups in total. The van der Waals surface area contributed by atoms with Crippen LogP contribution in [-0.4, -0.2) is 62.1 Å². The molecule has 0 unspecified atom stereocenters. The third kappa shape index (κ3) is 4.48. The van der Waals surface area contributed by atoms with E-state index in [1.54, 1.807) is 0 Å². The first kappa shape index (κ1) is 14.2. The molecule has 0 aromatic rings. The van der Waals surface area contributed by atoms with Gasteiger partial charge >= 0.3 is 5.97 Å². The van der Waals surface area contributed by atoms with Crippen LogP contribution in [0, 0.1) is 0 Å². The predicted octanol–water partition coefficient (Wildman–Crippen LogP) is 1.13. The average molecular weight is 240 g/mol. The molecule has 1 aliphatic heterocycles. The molecule has 0 spiro atoms. The molecule has 1 aliphatic rings. The summed E-state index contributed by atoms with van der Waals surface area (Å²) in [6, 6.07) is 0. The Morgan fingerprint density at radius 1 is 1.18 bits per heavy atom. The molecular formula is C13H24N2O2. The van der Waals surface area contributed by atoms with Crippen molar-refractivity contribution in [3.05, 3.63) is 11.6 Å². The Kier molecular flexibility index (Phi) is 6.22. The molecule has 1 rings (SSSR count). The van der Waals surface area contributed by atoms with E-state index < -0.39 is 0 Å². The monoisotopic (exact) mass is 240 g/mol. The van der Waals surface area contributed by atoms with Crippen LogP contribution >= 0.6 is 0 Å². The second kappa shape index (κ2) is 7.45. The first-order chi connectivity index (χ1) is 8.21. The molecule has 1 fully saturated rings. The van der Waals surface area contributed by atoms with E-state index in [4.69, 9.17) is 4.74 Å². The topological polar surface area (TPSA) is 32.8 Å². The Labute approximate surface area is 104 Å². The van der Waals surface area contributed by atoms with Crippen LogP contribution in [0.2, 0.25) is 0 Å². The van der Waals surface area contributed by atoms with E-state index in [0.29, 0.717) is 0 Å². The van der Waals surface area contributed by atoms with Crippen molar-refractivity contribution in [2.75, 3.05) is 46.4 Å². The van der Waals surface area contributed by atoms with Crippen LogP contribution in [0.25, 0.3) is 0 Å². The Morgan fingerprint density at radius 3 is 2.24 bits per heavy atom. The van der Waals surface area contributed by atoms with Gasteiger partial charge in [0, 0.05) is 38.3 Å². The van der Waals surface area contributed by atoms with Gasteiger partial charge in [-0.3, -0.25) is 4.90 Å². The Balaban J connectivity index is 2.39. The molecule has 0 radical (unpaired) electrons. The van der Waals surface area contributed by atoms with E-state index >= 15 is 0 Å². The first-order valence-electron chi connectivity index (χ1n) is 6.43. The van der Waals surface area contributed by atoms with Gasteiger partial charge in [-0.15, -0.1) is 0 Å². The lowest BCUT2D eigenvalue weighted by molar-refractivity contribution is -0.136. The van der Waals surface area contributed by atoms with Gasteiger partial charge in [0.05, 0.1) is 7.11 Å². The number of hydrogen-bond acceptors (Lipinski definition) is 4. The fourth-order valence-electron chi connectivity index (χ4n) is 2.03. The number of methoxy groups -OCH3 is 1. The lowest BCUT2D eigenvalue weighted by atomic mass is 10.2. The van der Waals surface area contributed by atoms with Gasteiger partial charge in [-0.2, -0.15) is 0 Å². The van der Waals surface area contributed by atoms with Gasteiger partial charge in [-0.1, -0.05) is 19.9 Å². The van der Waals surface area contributed by atoms with Crippen LogP contribution in [0.4, 0.5) is 0 Å². The number of likely N-dealkylation sites (N-methyl/N-ethyl adjacent to an activating group) is 1. The number of ether oxygens (including phenoxy) is 1. The SMILES string of the molecule is CCC(=CCN1CCN(CC)CC1)C(=O)OC. The van der Waals surface area contributed by atoms with Crippen LogP contribution in [0.1, 0.15) is 20.3 Å². The molecule has 0 bridgehead atoms. The molecule has 4 heteroatoms. The molecule has 0 aliphatic carbocycles. The summed E-state index contributed by atoms with van der Waals surface area (Å²) in [5, 5.41) is 0. The first-order valence-corrected chi connectivity index (χ1v) is 6.43. The molecule has 98 valence electrons. The molecule has 0 aromatic carbocycles. The molecule has 0 amide bonds. The van der Waals surface area contributed by atoms with Gasteiger partial charge in [-0.05, 0) is 13.0 Å². The molecule has 4 nitrogen and oxygen atoms in total. The summed E-state index contributed by atoms with van der Waals surface area (Å²) in [5.74, 6) is -0.195. The maximum Gasteiger partial charge on any atom is 0.333 e. The van der Waals surface area contributed by atoms with E-state index in [2.05, 4.69) is 16.7 Å². The number of nitrogens with zero attached hydrogens (tertiary/aromatic N) is 2. The van der Waals surface area contributed by atoms with E-state index in [0.717, 1.165) is 51.3 Å². The lowest BCUT2D eigenvalue weighted by Gasteiger charge is -2.33. The maximum atomic E-state index is 11.4. The number of carbonyl (C=O) groups excluding carboxylic acids is 1. The van der Waals surface area contributed by atoms with E-state index in [1.807, 2.05) is 13.0 Å². The van der Waals surface area contributed by atoms with E-state index in [1.165, 1.54) is 7.11 Å². The van der Waals surface area contributed by atoms with Gasteiger partial charge in [0.1, 0.15) is 0 Å². The lowest BCUT2D eigenvalue weighted by Crippen LogP contribution is -2.46. The minimum absolute atomic E-state index is 0.195. The number of piperazine rings is 1. The fraction of sp³-hybridized carbons (Fsp3) is 0.769. The van der Waals surface area contributed by atoms with Gasteiger partial charge in [0.15, 0.2) is 0 Å². The third-order valence-corrected chi connectivity index (χ3v) is 3.34. The minimum Gasteiger partial charge on any atom is -0.466 e. The summed E-state index contributed by atoms with van der Waals surface area (Å²) < 4.78 is 4.74. The highest BCUT2D eigenvalue weighted by Crippen LogP contribution is 2.06. The smallest absolute Gasteiger partial charge is 0.333 e. The second-order valence-corrected chi connectivity index (χ2v) is 4.31. The standard InChI is InChI=1S/C13H24N2O2/c1-4-12(13(16)17-3)6-7-15-10-8-14(5-2)9-11-15/h6H,4-5,7-11H2,1-3H3. The molecule has 0 aromatic heterocycles. The van der Waals surface area contributed by atoms with E-state index in [-0.39, 0.29) is 5.97 Å². The Bertz CT molecular complexity index is 269. The predicted molar refractivity (Wildman–Crippen MR) is 68.9 cm³/mol. The van der Waals surface area contributed by atoms with Gasteiger partial charge in [-0.25, -0.2) is 4.79 Å². The van der Waals surface area contributed by atoms with Crippen LogP contribution < -0.4 is 0 Å². The largest absolute Gasteiger partial charge is 0.466 e. The Hall–Kier alpha value is -0.870. The summed E-state index contributed by atoms with van der Waals surface area (Å²) in [7, 11) is 1.44. The van der Waals surface area contributed by atoms with Crippen molar-refractivity contribution in [2.24, 2.45) is 0 Å². The quantitative estimate of drug-likeness (QED) is 0.533. The van der Waals surface area contributed by atoms with Crippen molar-refractivity contribution in [3.63, 3.8) is 0 Å². The number of carbonyl (C=O) groups is 1. The van der Waals surface area contributed by atoms with Crippen molar-refractivity contribution in [3.8, 4) is 0 Å². The van der Waals surface area contributed by atoms with Gasteiger partial charge in [0.25, 0.3) is 0 Å². The summed E-state index contributed by atoms with van der Waals surface area (Å²) in [6.45, 7) is 10.6. The van der Waals surface area contributed by atoms with E-state index in [9.17, 15) is 4.79 Å². The van der Waals surface area contributed by atoms with Crippen LogP contribution in [0.5, 0.6) is 0 Å². The highest BCUT2D eigenvalue weighted by Gasteiger charge is 2.15. The van der Waals surface area contributed by atoms with Gasteiger partial charge in [0.2, 0.25) is 0 Å². The zero-order valence-corrected chi connectivity index (χ0v) is 11.2. The highest BCUT2D eigenvalue weighted by molar-refractivity contribution is 5.88. The number of hydrogen-bond donors (Lipinski definition) is 0. The normalized spacial score (nSPS) is 19.4. The van der Waals surface area contributed by atoms with Crippen LogP contribution in [0.3, 0.4) is 0 Å². The number of esters is 1.